The molecule has 18 heavy (non-hydrogen) atoms. The van der Waals surface area contributed by atoms with Crippen molar-refractivity contribution in [2.45, 2.75) is 13.8 Å². The van der Waals surface area contributed by atoms with Crippen LogP contribution in [0.25, 0.3) is 0 Å². The zero-order chi connectivity index (χ0) is 13.4. The lowest BCUT2D eigenvalue weighted by molar-refractivity contribution is -0.143. The molecular formula is C13H17NO4. The van der Waals surface area contributed by atoms with E-state index in [-0.39, 0.29) is 19.1 Å². The third kappa shape index (κ3) is 5.34. The molecule has 0 aliphatic rings. The van der Waals surface area contributed by atoms with E-state index in [1.807, 2.05) is 25.1 Å². The van der Waals surface area contributed by atoms with Crippen molar-refractivity contribution in [1.82, 2.24) is 5.32 Å². The van der Waals surface area contributed by atoms with Crippen LogP contribution in [0.3, 0.4) is 0 Å². The summed E-state index contributed by atoms with van der Waals surface area (Å²) < 4.78 is 9.95. The van der Waals surface area contributed by atoms with E-state index in [4.69, 9.17) is 4.74 Å². The Kier molecular flexibility index (Phi) is 5.70. The fourth-order valence-electron chi connectivity index (χ4n) is 1.29. The Balaban J connectivity index is 2.27. The molecule has 0 fully saturated rings. The van der Waals surface area contributed by atoms with Crippen LogP contribution in [-0.4, -0.2) is 31.6 Å². The van der Waals surface area contributed by atoms with E-state index >= 15 is 0 Å². The molecular weight excluding hydrogens is 234 g/mol. The van der Waals surface area contributed by atoms with Gasteiger partial charge in [-0.1, -0.05) is 12.1 Å². The van der Waals surface area contributed by atoms with E-state index in [0.29, 0.717) is 12.4 Å². The highest BCUT2D eigenvalue weighted by molar-refractivity contribution is 5.82. The van der Waals surface area contributed by atoms with Crippen LogP contribution in [0.2, 0.25) is 0 Å². The highest BCUT2D eigenvalue weighted by Gasteiger charge is 2.06. The lowest BCUT2D eigenvalue weighted by Crippen LogP contribution is -2.34. The molecule has 0 aliphatic heterocycles. The van der Waals surface area contributed by atoms with Crippen molar-refractivity contribution in [3.63, 3.8) is 0 Å². The number of carbonyl (C=O) groups excluding carboxylic acids is 2. The molecule has 0 bridgehead atoms. The van der Waals surface area contributed by atoms with Crippen LogP contribution in [0.5, 0.6) is 5.75 Å². The van der Waals surface area contributed by atoms with Gasteiger partial charge >= 0.3 is 5.97 Å². The minimum Gasteiger partial charge on any atom is -0.484 e. The van der Waals surface area contributed by atoms with Crippen molar-refractivity contribution in [3.8, 4) is 5.75 Å². The lowest BCUT2D eigenvalue weighted by Gasteiger charge is -2.07. The Morgan fingerprint density at radius 3 is 2.78 bits per heavy atom. The molecule has 0 spiro atoms. The number of ether oxygens (including phenoxy) is 2. The monoisotopic (exact) mass is 251 g/mol. The fourth-order valence-corrected chi connectivity index (χ4v) is 1.29. The van der Waals surface area contributed by atoms with Gasteiger partial charge in [-0.25, -0.2) is 0 Å². The normalized spacial score (nSPS) is 9.67. The van der Waals surface area contributed by atoms with Gasteiger partial charge in [0.05, 0.1) is 6.61 Å². The average Bonchev–Trinajstić information content (AvgIpc) is 2.34. The van der Waals surface area contributed by atoms with Crippen molar-refractivity contribution >= 4 is 11.9 Å². The Bertz CT molecular complexity index is 417. The largest absolute Gasteiger partial charge is 0.484 e. The van der Waals surface area contributed by atoms with Crippen molar-refractivity contribution < 1.29 is 19.1 Å². The fraction of sp³-hybridized carbons (Fsp3) is 0.385. The van der Waals surface area contributed by atoms with Crippen molar-refractivity contribution in [1.29, 1.82) is 0 Å². The second-order valence-corrected chi connectivity index (χ2v) is 3.69. The number of rotatable bonds is 6. The number of nitrogens with one attached hydrogen (secondary N) is 1. The molecule has 0 aromatic heterocycles. The lowest BCUT2D eigenvalue weighted by atomic mass is 10.2. The SMILES string of the molecule is CCOC(=O)CNC(=O)COc1cccc(C)c1. The molecule has 0 saturated carbocycles. The zero-order valence-electron chi connectivity index (χ0n) is 10.6. The Morgan fingerprint density at radius 1 is 1.33 bits per heavy atom. The van der Waals surface area contributed by atoms with Gasteiger partial charge in [0.25, 0.3) is 5.91 Å². The maximum atomic E-state index is 11.4. The van der Waals surface area contributed by atoms with Crippen LogP contribution in [0.1, 0.15) is 12.5 Å². The van der Waals surface area contributed by atoms with E-state index in [2.05, 4.69) is 10.1 Å². The van der Waals surface area contributed by atoms with Gasteiger partial charge in [0, 0.05) is 0 Å². The molecule has 1 rings (SSSR count). The van der Waals surface area contributed by atoms with Gasteiger partial charge in [0.2, 0.25) is 0 Å². The van der Waals surface area contributed by atoms with E-state index in [1.54, 1.807) is 13.0 Å². The molecule has 0 aliphatic carbocycles. The number of aryl methyl sites for hydroxylation is 1. The molecule has 0 radical (unpaired) electrons. The molecule has 0 saturated heterocycles. The number of amides is 1. The number of hydrogen-bond donors (Lipinski definition) is 1. The third-order valence-electron chi connectivity index (χ3n) is 2.09. The van der Waals surface area contributed by atoms with E-state index in [9.17, 15) is 9.59 Å². The van der Waals surface area contributed by atoms with Crippen molar-refractivity contribution in [3.05, 3.63) is 29.8 Å². The van der Waals surface area contributed by atoms with Crippen LogP contribution >= 0.6 is 0 Å². The van der Waals surface area contributed by atoms with Gasteiger partial charge in [-0.2, -0.15) is 0 Å². The Morgan fingerprint density at radius 2 is 2.11 bits per heavy atom. The predicted molar refractivity (Wildman–Crippen MR) is 66.3 cm³/mol. The minimum absolute atomic E-state index is 0.122. The maximum Gasteiger partial charge on any atom is 0.325 e. The summed E-state index contributed by atoms with van der Waals surface area (Å²) in [6.07, 6.45) is 0. The molecule has 1 aromatic rings. The molecule has 5 nitrogen and oxygen atoms in total. The summed E-state index contributed by atoms with van der Waals surface area (Å²) in [7, 11) is 0. The number of esters is 1. The third-order valence-corrected chi connectivity index (χ3v) is 2.09. The van der Waals surface area contributed by atoms with Crippen LogP contribution in [-0.2, 0) is 14.3 Å². The highest BCUT2D eigenvalue weighted by atomic mass is 16.5. The smallest absolute Gasteiger partial charge is 0.325 e. The molecule has 1 amide bonds. The first-order valence-electron chi connectivity index (χ1n) is 5.73. The first-order chi connectivity index (χ1) is 8.61. The van der Waals surface area contributed by atoms with Gasteiger partial charge in [0.1, 0.15) is 12.3 Å². The first-order valence-corrected chi connectivity index (χ1v) is 5.73. The molecule has 0 unspecified atom stereocenters. The predicted octanol–water partition coefficient (Wildman–Crippen LogP) is 1.05. The Labute approximate surface area is 106 Å². The quantitative estimate of drug-likeness (QED) is 0.768. The van der Waals surface area contributed by atoms with Crippen molar-refractivity contribution in [2.75, 3.05) is 19.8 Å². The molecule has 0 heterocycles. The zero-order valence-corrected chi connectivity index (χ0v) is 10.6. The number of carbonyl (C=O) groups is 2. The van der Waals surface area contributed by atoms with Crippen LogP contribution in [0, 0.1) is 6.92 Å². The molecule has 98 valence electrons. The number of hydrogen-bond acceptors (Lipinski definition) is 4. The summed E-state index contributed by atoms with van der Waals surface area (Å²) in [5.41, 5.74) is 1.06. The second kappa shape index (κ2) is 7.32. The van der Waals surface area contributed by atoms with Gasteiger partial charge in [-0.05, 0) is 31.5 Å². The van der Waals surface area contributed by atoms with Crippen molar-refractivity contribution in [2.24, 2.45) is 0 Å². The minimum atomic E-state index is -0.457. The first kappa shape index (κ1) is 14.0. The summed E-state index contributed by atoms with van der Waals surface area (Å²) in [5.74, 6) is -0.188. The van der Waals surface area contributed by atoms with Crippen LogP contribution in [0.15, 0.2) is 24.3 Å². The summed E-state index contributed by atoms with van der Waals surface area (Å²) >= 11 is 0. The van der Waals surface area contributed by atoms with Crippen LogP contribution < -0.4 is 10.1 Å². The summed E-state index contributed by atoms with van der Waals surface area (Å²) in [5, 5.41) is 2.41. The number of benzene rings is 1. The van der Waals surface area contributed by atoms with Gasteiger partial charge < -0.3 is 14.8 Å². The highest BCUT2D eigenvalue weighted by Crippen LogP contribution is 2.11. The molecule has 1 aromatic carbocycles. The van der Waals surface area contributed by atoms with Gasteiger partial charge in [0.15, 0.2) is 6.61 Å². The van der Waals surface area contributed by atoms with Gasteiger partial charge in [-0.15, -0.1) is 0 Å². The standard InChI is InChI=1S/C13H17NO4/c1-3-17-13(16)8-14-12(15)9-18-11-6-4-5-10(2)7-11/h4-7H,3,8-9H2,1-2H3,(H,14,15). The van der Waals surface area contributed by atoms with E-state index in [1.165, 1.54) is 0 Å². The van der Waals surface area contributed by atoms with E-state index < -0.39 is 5.97 Å². The van der Waals surface area contributed by atoms with Crippen LogP contribution in [0.4, 0.5) is 0 Å². The molecule has 5 heteroatoms. The summed E-state index contributed by atoms with van der Waals surface area (Å²) in [6.45, 7) is 3.69. The topological polar surface area (TPSA) is 64.6 Å². The summed E-state index contributed by atoms with van der Waals surface area (Å²) in [6, 6.07) is 7.39. The molecule has 0 atom stereocenters. The van der Waals surface area contributed by atoms with Gasteiger partial charge in [-0.3, -0.25) is 9.59 Å². The second-order valence-electron chi connectivity index (χ2n) is 3.69. The average molecular weight is 251 g/mol. The Hall–Kier alpha value is -2.04. The maximum absolute atomic E-state index is 11.4. The van der Waals surface area contributed by atoms with E-state index in [0.717, 1.165) is 5.56 Å². The summed E-state index contributed by atoms with van der Waals surface area (Å²) in [4.78, 5) is 22.4. The molecule has 1 N–H and O–H groups in total.